The summed E-state index contributed by atoms with van der Waals surface area (Å²) in [5.41, 5.74) is 4.64. The van der Waals surface area contributed by atoms with Crippen molar-refractivity contribution < 1.29 is 14.3 Å². The summed E-state index contributed by atoms with van der Waals surface area (Å²) in [5, 5.41) is 6.47. The second-order valence-corrected chi connectivity index (χ2v) is 8.12. The molecule has 7 heteroatoms. The van der Waals surface area contributed by atoms with Crippen LogP contribution in [-0.4, -0.2) is 18.1 Å². The van der Waals surface area contributed by atoms with E-state index < -0.39 is 11.9 Å². The van der Waals surface area contributed by atoms with Gasteiger partial charge in [-0.25, -0.2) is 10.2 Å². The Morgan fingerprint density at radius 3 is 2.55 bits per heavy atom. The van der Waals surface area contributed by atoms with Gasteiger partial charge in [-0.15, -0.1) is 0 Å². The predicted octanol–water partition coefficient (Wildman–Crippen LogP) is 6.44. The van der Waals surface area contributed by atoms with Crippen molar-refractivity contribution in [1.82, 2.24) is 5.43 Å². The van der Waals surface area contributed by atoms with Crippen LogP contribution in [0.2, 0.25) is 10.0 Å². The molecule has 0 aliphatic rings. The van der Waals surface area contributed by atoms with Gasteiger partial charge in [-0.1, -0.05) is 71.2 Å². The quantitative estimate of drug-likeness (QED) is 0.156. The third-order valence-electron chi connectivity index (χ3n) is 4.92. The largest absolute Gasteiger partial charge is 0.422 e. The summed E-state index contributed by atoms with van der Waals surface area (Å²) < 4.78 is 5.69. The molecule has 4 aromatic carbocycles. The highest BCUT2D eigenvalue weighted by molar-refractivity contribution is 6.36. The second kappa shape index (κ2) is 9.86. The zero-order chi connectivity index (χ0) is 23.4. The molecule has 0 heterocycles. The van der Waals surface area contributed by atoms with Crippen LogP contribution in [0.1, 0.15) is 31.8 Å². The Labute approximate surface area is 200 Å². The summed E-state index contributed by atoms with van der Waals surface area (Å²) in [6, 6.07) is 22.9. The van der Waals surface area contributed by atoms with Crippen molar-refractivity contribution in [2.45, 2.75) is 6.92 Å². The fourth-order valence-corrected chi connectivity index (χ4v) is 3.81. The number of nitrogens with one attached hydrogen (secondary N) is 1. The molecule has 4 aromatic rings. The fraction of sp³-hybridized carbons (Fsp3) is 0.0385. The van der Waals surface area contributed by atoms with Gasteiger partial charge in [-0.05, 0) is 54.1 Å². The summed E-state index contributed by atoms with van der Waals surface area (Å²) in [5.74, 6) is -0.658. The monoisotopic (exact) mass is 476 g/mol. The number of fused-ring (bicyclic) bond motifs is 1. The van der Waals surface area contributed by atoms with Gasteiger partial charge in [-0.2, -0.15) is 5.10 Å². The van der Waals surface area contributed by atoms with E-state index in [1.54, 1.807) is 30.3 Å². The second-order valence-electron chi connectivity index (χ2n) is 7.28. The van der Waals surface area contributed by atoms with E-state index in [0.29, 0.717) is 21.9 Å². The molecule has 0 saturated heterocycles. The van der Waals surface area contributed by atoms with E-state index >= 15 is 0 Å². The third-order valence-corrected chi connectivity index (χ3v) is 5.47. The first kappa shape index (κ1) is 22.5. The molecule has 0 aliphatic heterocycles. The zero-order valence-electron chi connectivity index (χ0n) is 17.5. The Bertz CT molecular complexity index is 1400. The van der Waals surface area contributed by atoms with Crippen molar-refractivity contribution in [3.05, 3.63) is 111 Å². The van der Waals surface area contributed by atoms with Crippen LogP contribution in [0, 0.1) is 6.92 Å². The fourth-order valence-electron chi connectivity index (χ4n) is 3.32. The van der Waals surface area contributed by atoms with E-state index in [4.69, 9.17) is 27.9 Å². The first-order valence-electron chi connectivity index (χ1n) is 10.0. The smallest absolute Gasteiger partial charge is 0.343 e. The van der Waals surface area contributed by atoms with Crippen LogP contribution in [0.3, 0.4) is 0 Å². The van der Waals surface area contributed by atoms with Crippen LogP contribution in [0.4, 0.5) is 0 Å². The van der Waals surface area contributed by atoms with Crippen molar-refractivity contribution in [3.8, 4) is 5.75 Å². The van der Waals surface area contributed by atoms with Gasteiger partial charge in [0.1, 0.15) is 5.75 Å². The molecule has 33 heavy (non-hydrogen) atoms. The number of halogens is 2. The minimum atomic E-state index is -0.494. The minimum Gasteiger partial charge on any atom is -0.422 e. The van der Waals surface area contributed by atoms with E-state index in [0.717, 1.165) is 16.3 Å². The lowest BCUT2D eigenvalue weighted by atomic mass is 10.0. The van der Waals surface area contributed by atoms with Crippen molar-refractivity contribution >= 4 is 52.1 Å². The highest BCUT2D eigenvalue weighted by Gasteiger charge is 2.14. The number of hydrogen-bond acceptors (Lipinski definition) is 4. The standard InChI is InChI=1S/C26H18Cl2N2O3/c1-16-5-4-7-18(13-16)26(32)33-24-12-9-17-6-2-3-8-20(17)22(24)15-29-30-25(31)21-11-10-19(27)14-23(21)28/h2-15H,1H3,(H,30,31). The molecule has 0 spiro atoms. The number of nitrogens with zero attached hydrogens (tertiary/aromatic N) is 1. The maximum Gasteiger partial charge on any atom is 0.343 e. The molecular formula is C26H18Cl2N2O3. The molecule has 0 aromatic heterocycles. The number of ether oxygens (including phenoxy) is 1. The number of aryl methyl sites for hydroxylation is 1. The van der Waals surface area contributed by atoms with Crippen molar-refractivity contribution in [3.63, 3.8) is 0 Å². The topological polar surface area (TPSA) is 67.8 Å². The Morgan fingerprint density at radius 1 is 0.939 bits per heavy atom. The number of hydrazone groups is 1. The number of carbonyl (C=O) groups is 2. The maximum absolute atomic E-state index is 12.7. The van der Waals surface area contributed by atoms with Gasteiger partial charge in [0.2, 0.25) is 0 Å². The number of esters is 1. The summed E-state index contributed by atoms with van der Waals surface area (Å²) in [6.07, 6.45) is 1.45. The lowest BCUT2D eigenvalue weighted by Gasteiger charge is -2.11. The molecule has 4 rings (SSSR count). The average molecular weight is 477 g/mol. The number of rotatable bonds is 5. The van der Waals surface area contributed by atoms with Crippen LogP contribution in [0.25, 0.3) is 10.8 Å². The van der Waals surface area contributed by atoms with E-state index in [2.05, 4.69) is 10.5 Å². The highest BCUT2D eigenvalue weighted by atomic mass is 35.5. The first-order valence-corrected chi connectivity index (χ1v) is 10.8. The maximum atomic E-state index is 12.7. The Morgan fingerprint density at radius 2 is 1.76 bits per heavy atom. The van der Waals surface area contributed by atoms with Crippen molar-refractivity contribution in [2.24, 2.45) is 5.10 Å². The zero-order valence-corrected chi connectivity index (χ0v) is 19.0. The molecule has 1 amide bonds. The van der Waals surface area contributed by atoms with Gasteiger partial charge in [0.05, 0.1) is 22.4 Å². The Balaban J connectivity index is 1.63. The van der Waals surface area contributed by atoms with E-state index in [1.807, 2.05) is 43.3 Å². The number of amides is 1. The Kier molecular flexibility index (Phi) is 6.73. The Hall–Kier alpha value is -3.67. The number of hydrogen-bond donors (Lipinski definition) is 1. The lowest BCUT2D eigenvalue weighted by Crippen LogP contribution is -2.18. The molecule has 0 radical (unpaired) electrons. The SMILES string of the molecule is Cc1cccc(C(=O)Oc2ccc3ccccc3c2C=NNC(=O)c2ccc(Cl)cc2Cl)c1. The highest BCUT2D eigenvalue weighted by Crippen LogP contribution is 2.28. The summed E-state index contributed by atoms with van der Waals surface area (Å²) >= 11 is 12.0. The molecule has 0 fully saturated rings. The van der Waals surface area contributed by atoms with E-state index in [-0.39, 0.29) is 10.6 Å². The van der Waals surface area contributed by atoms with Crippen LogP contribution >= 0.6 is 23.2 Å². The molecule has 0 unspecified atom stereocenters. The molecule has 0 bridgehead atoms. The van der Waals surface area contributed by atoms with Gasteiger partial charge < -0.3 is 4.74 Å². The van der Waals surface area contributed by atoms with E-state index in [1.165, 1.54) is 18.3 Å². The summed E-state index contributed by atoms with van der Waals surface area (Å²) in [7, 11) is 0. The minimum absolute atomic E-state index is 0.216. The lowest BCUT2D eigenvalue weighted by molar-refractivity contribution is 0.0734. The average Bonchev–Trinajstić information content (AvgIpc) is 2.80. The molecule has 5 nitrogen and oxygen atoms in total. The van der Waals surface area contributed by atoms with Crippen LogP contribution in [0.5, 0.6) is 5.75 Å². The van der Waals surface area contributed by atoms with Gasteiger partial charge in [0.25, 0.3) is 5.91 Å². The number of benzene rings is 4. The summed E-state index contributed by atoms with van der Waals surface area (Å²) in [6.45, 7) is 1.90. The molecule has 0 aliphatic carbocycles. The summed E-state index contributed by atoms with van der Waals surface area (Å²) in [4.78, 5) is 25.2. The van der Waals surface area contributed by atoms with Gasteiger partial charge >= 0.3 is 5.97 Å². The predicted molar refractivity (Wildman–Crippen MR) is 132 cm³/mol. The first-order chi connectivity index (χ1) is 15.9. The van der Waals surface area contributed by atoms with Crippen LogP contribution in [-0.2, 0) is 0 Å². The van der Waals surface area contributed by atoms with Crippen LogP contribution < -0.4 is 10.2 Å². The van der Waals surface area contributed by atoms with Crippen molar-refractivity contribution in [2.75, 3.05) is 0 Å². The third kappa shape index (κ3) is 5.22. The molecular weight excluding hydrogens is 459 g/mol. The molecule has 1 N–H and O–H groups in total. The number of carbonyl (C=O) groups excluding carboxylic acids is 2. The molecule has 0 atom stereocenters. The molecule has 0 saturated carbocycles. The normalized spacial score (nSPS) is 11.0. The van der Waals surface area contributed by atoms with Gasteiger partial charge in [0, 0.05) is 10.6 Å². The van der Waals surface area contributed by atoms with Gasteiger partial charge in [0.15, 0.2) is 0 Å². The van der Waals surface area contributed by atoms with E-state index in [9.17, 15) is 9.59 Å². The van der Waals surface area contributed by atoms with Gasteiger partial charge in [-0.3, -0.25) is 4.79 Å². The van der Waals surface area contributed by atoms with Crippen molar-refractivity contribution in [1.29, 1.82) is 0 Å². The van der Waals surface area contributed by atoms with Crippen LogP contribution in [0.15, 0.2) is 84.0 Å². The molecule has 164 valence electrons.